The maximum absolute atomic E-state index is 11.4. The van der Waals surface area contributed by atoms with E-state index in [9.17, 15) is 9.59 Å². The molecule has 0 radical (unpaired) electrons. The smallest absolute Gasteiger partial charge is 0.338 e. The first kappa shape index (κ1) is 11.4. The van der Waals surface area contributed by atoms with Crippen molar-refractivity contribution in [1.82, 2.24) is 0 Å². The molecule has 0 fully saturated rings. The van der Waals surface area contributed by atoms with Crippen molar-refractivity contribution in [3.63, 3.8) is 0 Å². The van der Waals surface area contributed by atoms with Gasteiger partial charge >= 0.3 is 5.97 Å². The van der Waals surface area contributed by atoms with E-state index in [1.807, 2.05) is 13.0 Å². The predicted molar refractivity (Wildman–Crippen MR) is 56.9 cm³/mol. The van der Waals surface area contributed by atoms with Crippen molar-refractivity contribution >= 4 is 11.8 Å². The van der Waals surface area contributed by atoms with Gasteiger partial charge in [-0.05, 0) is 25.5 Å². The monoisotopic (exact) mass is 206 g/mol. The fraction of sp³-hybridized carbons (Fsp3) is 0.333. The van der Waals surface area contributed by atoms with Gasteiger partial charge in [-0.25, -0.2) is 4.79 Å². The summed E-state index contributed by atoms with van der Waals surface area (Å²) in [6.45, 7) is 3.39. The average molecular weight is 206 g/mol. The maximum atomic E-state index is 11.4. The van der Waals surface area contributed by atoms with Crippen LogP contribution in [0.5, 0.6) is 0 Å². The number of rotatable bonds is 3. The highest BCUT2D eigenvalue weighted by Gasteiger charge is 2.12. The molecule has 0 aliphatic carbocycles. The zero-order chi connectivity index (χ0) is 11.4. The molecule has 0 N–H and O–H groups in total. The molecule has 0 amide bonds. The number of hydrogen-bond acceptors (Lipinski definition) is 3. The number of benzene rings is 1. The second kappa shape index (κ2) is 4.73. The van der Waals surface area contributed by atoms with E-state index in [-0.39, 0.29) is 12.2 Å². The molecule has 0 heterocycles. The lowest BCUT2D eigenvalue weighted by atomic mass is 10.0. The van der Waals surface area contributed by atoms with Crippen LogP contribution in [0.1, 0.15) is 28.4 Å². The SMILES string of the molecule is COC(=O)c1cc(C)ccc1CC(C)=O. The fourth-order valence-corrected chi connectivity index (χ4v) is 1.41. The number of carbonyl (C=O) groups excluding carboxylic acids is 2. The summed E-state index contributed by atoms with van der Waals surface area (Å²) in [4.78, 5) is 22.4. The zero-order valence-electron chi connectivity index (χ0n) is 9.16. The predicted octanol–water partition coefficient (Wildman–Crippen LogP) is 1.91. The number of esters is 1. The lowest BCUT2D eigenvalue weighted by molar-refractivity contribution is -0.116. The Hall–Kier alpha value is -1.64. The van der Waals surface area contributed by atoms with E-state index >= 15 is 0 Å². The number of hydrogen-bond donors (Lipinski definition) is 0. The summed E-state index contributed by atoms with van der Waals surface area (Å²) >= 11 is 0. The van der Waals surface area contributed by atoms with Crippen LogP contribution in [0.15, 0.2) is 18.2 Å². The van der Waals surface area contributed by atoms with Crippen molar-refractivity contribution in [2.24, 2.45) is 0 Å². The molecule has 1 aromatic carbocycles. The Bertz CT molecular complexity index is 394. The molecule has 0 aliphatic heterocycles. The summed E-state index contributed by atoms with van der Waals surface area (Å²) in [5.41, 5.74) is 2.18. The quantitative estimate of drug-likeness (QED) is 0.709. The molecule has 0 saturated carbocycles. The van der Waals surface area contributed by atoms with E-state index < -0.39 is 5.97 Å². The number of carbonyl (C=O) groups is 2. The van der Waals surface area contributed by atoms with Gasteiger partial charge in [-0.1, -0.05) is 17.7 Å². The maximum Gasteiger partial charge on any atom is 0.338 e. The summed E-state index contributed by atoms with van der Waals surface area (Å²) in [7, 11) is 1.34. The Balaban J connectivity index is 3.14. The topological polar surface area (TPSA) is 43.4 Å². The minimum atomic E-state index is -0.394. The third-order valence-electron chi connectivity index (χ3n) is 2.11. The van der Waals surface area contributed by atoms with Crippen LogP contribution in [-0.2, 0) is 16.0 Å². The van der Waals surface area contributed by atoms with Crippen LogP contribution in [0.3, 0.4) is 0 Å². The molecule has 0 atom stereocenters. The molecule has 3 heteroatoms. The molecule has 0 unspecified atom stereocenters. The highest BCUT2D eigenvalue weighted by molar-refractivity contribution is 5.93. The number of methoxy groups -OCH3 is 1. The summed E-state index contributed by atoms with van der Waals surface area (Å²) in [5, 5.41) is 0. The molecule has 0 aliphatic rings. The summed E-state index contributed by atoms with van der Waals surface area (Å²) in [6, 6.07) is 5.41. The van der Waals surface area contributed by atoms with Gasteiger partial charge in [0.05, 0.1) is 12.7 Å². The highest BCUT2D eigenvalue weighted by Crippen LogP contribution is 2.14. The van der Waals surface area contributed by atoms with Gasteiger partial charge in [0.2, 0.25) is 0 Å². The molecule has 80 valence electrons. The third-order valence-corrected chi connectivity index (χ3v) is 2.11. The number of Topliss-reactive ketones (excluding diaryl/α,β-unsaturated/α-hetero) is 1. The van der Waals surface area contributed by atoms with Gasteiger partial charge in [0, 0.05) is 6.42 Å². The van der Waals surface area contributed by atoms with Gasteiger partial charge in [-0.2, -0.15) is 0 Å². The second-order valence-corrected chi connectivity index (χ2v) is 3.53. The van der Waals surface area contributed by atoms with Crippen molar-refractivity contribution in [3.8, 4) is 0 Å². The Morgan fingerprint density at radius 3 is 2.53 bits per heavy atom. The van der Waals surface area contributed by atoms with Gasteiger partial charge in [-0.3, -0.25) is 4.79 Å². The zero-order valence-corrected chi connectivity index (χ0v) is 9.16. The van der Waals surface area contributed by atoms with Crippen molar-refractivity contribution in [2.45, 2.75) is 20.3 Å². The van der Waals surface area contributed by atoms with E-state index in [2.05, 4.69) is 4.74 Å². The van der Waals surface area contributed by atoms with Crippen LogP contribution in [0.2, 0.25) is 0 Å². The van der Waals surface area contributed by atoms with Crippen molar-refractivity contribution < 1.29 is 14.3 Å². The van der Waals surface area contributed by atoms with E-state index in [0.29, 0.717) is 5.56 Å². The highest BCUT2D eigenvalue weighted by atomic mass is 16.5. The molecular weight excluding hydrogens is 192 g/mol. The molecule has 0 aromatic heterocycles. The van der Waals surface area contributed by atoms with Gasteiger partial charge in [-0.15, -0.1) is 0 Å². The standard InChI is InChI=1S/C12H14O3/c1-8-4-5-10(7-9(2)13)11(6-8)12(14)15-3/h4-6H,7H2,1-3H3. The van der Waals surface area contributed by atoms with E-state index in [0.717, 1.165) is 11.1 Å². The summed E-state index contributed by atoms with van der Waals surface area (Å²) < 4.78 is 4.66. The van der Waals surface area contributed by atoms with Crippen LogP contribution < -0.4 is 0 Å². The van der Waals surface area contributed by atoms with Gasteiger partial charge < -0.3 is 4.74 Å². The number of aryl methyl sites for hydroxylation is 1. The molecule has 15 heavy (non-hydrogen) atoms. The Morgan fingerprint density at radius 2 is 2.00 bits per heavy atom. The Morgan fingerprint density at radius 1 is 1.33 bits per heavy atom. The van der Waals surface area contributed by atoms with Crippen molar-refractivity contribution in [2.75, 3.05) is 7.11 Å². The van der Waals surface area contributed by atoms with Crippen LogP contribution >= 0.6 is 0 Å². The molecule has 0 saturated heterocycles. The Kier molecular flexibility index (Phi) is 3.61. The molecule has 0 spiro atoms. The first-order chi connectivity index (χ1) is 7.04. The molecule has 1 rings (SSSR count). The molecular formula is C12H14O3. The normalized spacial score (nSPS) is 9.80. The lowest BCUT2D eigenvalue weighted by Crippen LogP contribution is -2.08. The summed E-state index contributed by atoms with van der Waals surface area (Å²) in [6.07, 6.45) is 0.269. The minimum Gasteiger partial charge on any atom is -0.465 e. The summed E-state index contributed by atoms with van der Waals surface area (Å²) in [5.74, 6) is -0.362. The van der Waals surface area contributed by atoms with Crippen molar-refractivity contribution in [3.05, 3.63) is 34.9 Å². The molecule has 0 bridgehead atoms. The van der Waals surface area contributed by atoms with E-state index in [1.54, 1.807) is 12.1 Å². The van der Waals surface area contributed by atoms with Crippen LogP contribution in [-0.4, -0.2) is 18.9 Å². The van der Waals surface area contributed by atoms with Gasteiger partial charge in [0.1, 0.15) is 5.78 Å². The van der Waals surface area contributed by atoms with Crippen molar-refractivity contribution in [1.29, 1.82) is 0 Å². The second-order valence-electron chi connectivity index (χ2n) is 3.53. The average Bonchev–Trinajstić information content (AvgIpc) is 2.19. The Labute approximate surface area is 89.1 Å². The van der Waals surface area contributed by atoms with E-state index in [1.165, 1.54) is 14.0 Å². The number of ether oxygens (including phenoxy) is 1. The largest absolute Gasteiger partial charge is 0.465 e. The van der Waals surface area contributed by atoms with Gasteiger partial charge in [0.15, 0.2) is 0 Å². The van der Waals surface area contributed by atoms with Crippen LogP contribution in [0.25, 0.3) is 0 Å². The fourth-order valence-electron chi connectivity index (χ4n) is 1.41. The van der Waals surface area contributed by atoms with Crippen LogP contribution in [0, 0.1) is 6.92 Å². The number of ketones is 1. The van der Waals surface area contributed by atoms with Gasteiger partial charge in [0.25, 0.3) is 0 Å². The van der Waals surface area contributed by atoms with Crippen LogP contribution in [0.4, 0.5) is 0 Å². The molecule has 3 nitrogen and oxygen atoms in total. The lowest BCUT2D eigenvalue weighted by Gasteiger charge is -2.07. The third kappa shape index (κ3) is 2.91. The minimum absolute atomic E-state index is 0.0315. The first-order valence-corrected chi connectivity index (χ1v) is 4.72. The molecule has 1 aromatic rings. The van der Waals surface area contributed by atoms with E-state index in [4.69, 9.17) is 0 Å². The first-order valence-electron chi connectivity index (χ1n) is 4.72.